The molecule has 666 valence electrons. The number of rotatable bonds is 42. The molecule has 3 heterocycles. The van der Waals surface area contributed by atoms with Gasteiger partial charge in [0, 0.05) is 198 Å². The highest BCUT2D eigenvalue weighted by molar-refractivity contribution is 6.30. The molecule has 3 aromatic rings. The normalized spacial score (nSPS) is 21.5. The van der Waals surface area contributed by atoms with Crippen molar-refractivity contribution in [3.8, 4) is 5.75 Å². The molecule has 20 nitrogen and oxygen atoms in total. The van der Waals surface area contributed by atoms with Crippen molar-refractivity contribution in [2.75, 3.05) is 141 Å². The van der Waals surface area contributed by atoms with Gasteiger partial charge in [-0.25, -0.2) is 45.1 Å². The van der Waals surface area contributed by atoms with Crippen LogP contribution in [0.2, 0.25) is 5.02 Å². The molecule has 0 radical (unpaired) electrons. The average Bonchev–Trinajstić information content (AvgIpc) is 0.779. The number of carbonyl (C=O) groups is 3. The van der Waals surface area contributed by atoms with Gasteiger partial charge in [0.05, 0.1) is 17.3 Å². The Morgan fingerprint density at radius 3 is 1.68 bits per heavy atom. The number of likely N-dealkylation sites (tertiary alicyclic amines) is 3. The summed E-state index contributed by atoms with van der Waals surface area (Å²) in [6.45, 7) is 9.23. The van der Waals surface area contributed by atoms with Crippen molar-refractivity contribution in [1.82, 2.24) is 46.6 Å². The second-order valence-electron chi connectivity index (χ2n) is 33.0. The first-order chi connectivity index (χ1) is 56.0. The molecular weight excluding hydrogens is 1560 g/mol. The highest BCUT2D eigenvalue weighted by atomic mass is 35.5. The monoisotopic (exact) mass is 1690 g/mol. The minimum atomic E-state index is -4.87. The van der Waals surface area contributed by atoms with E-state index in [1.807, 2.05) is 37.1 Å². The topological polar surface area (TPSA) is 229 Å². The van der Waals surface area contributed by atoms with Crippen molar-refractivity contribution in [2.45, 2.75) is 240 Å². The molecule has 6 aliphatic rings. The van der Waals surface area contributed by atoms with Crippen molar-refractivity contribution in [3.63, 3.8) is 0 Å². The molecule has 0 aromatic heterocycles. The van der Waals surface area contributed by atoms with Gasteiger partial charge in [-0.2, -0.15) is 0 Å². The van der Waals surface area contributed by atoms with E-state index in [2.05, 4.69) is 42.7 Å². The molecule has 3 saturated carbocycles. The molecule has 0 spiro atoms. The first-order valence-electron chi connectivity index (χ1n) is 42.8. The maximum atomic E-state index is 14.8. The second-order valence-corrected chi connectivity index (χ2v) is 33.5. The van der Waals surface area contributed by atoms with Gasteiger partial charge in [0.25, 0.3) is 0 Å². The fourth-order valence-corrected chi connectivity index (χ4v) is 18.3. The lowest BCUT2D eigenvalue weighted by atomic mass is 9.73. The lowest BCUT2D eigenvalue weighted by Crippen LogP contribution is -2.54. The largest absolute Gasteiger partial charge is 0.573 e. The number of benzene rings is 3. The predicted octanol–water partition coefficient (Wildman–Crippen LogP) is 16.6. The zero-order valence-electron chi connectivity index (χ0n) is 69.7. The Balaban J connectivity index is 0.000000242. The van der Waals surface area contributed by atoms with Crippen LogP contribution in [0.15, 0.2) is 60.7 Å². The summed E-state index contributed by atoms with van der Waals surface area (Å²) >= 11 is 6.48. The van der Waals surface area contributed by atoms with Crippen molar-refractivity contribution in [3.05, 3.63) is 99.8 Å². The third-order valence-corrected chi connectivity index (χ3v) is 24.2. The summed E-state index contributed by atoms with van der Waals surface area (Å²) in [5.41, 5.74) is -0.923. The van der Waals surface area contributed by atoms with Gasteiger partial charge in [-0.3, -0.25) is 0 Å². The second kappa shape index (κ2) is 50.1. The van der Waals surface area contributed by atoms with E-state index in [4.69, 9.17) is 35.3 Å². The molecule has 9 atom stereocenters. The predicted molar refractivity (Wildman–Crippen MR) is 432 cm³/mol. The molecule has 8 N–H and O–H groups in total. The van der Waals surface area contributed by atoms with Crippen LogP contribution >= 0.6 is 11.6 Å². The Kier molecular flexibility index (Phi) is 42.2. The van der Waals surface area contributed by atoms with Gasteiger partial charge in [0.15, 0.2) is 11.6 Å². The van der Waals surface area contributed by atoms with E-state index < -0.39 is 64.6 Å². The first kappa shape index (κ1) is 98.6. The van der Waals surface area contributed by atoms with Crippen LogP contribution < -0.4 is 36.6 Å². The fourth-order valence-electron chi connectivity index (χ4n) is 18.1. The Morgan fingerprint density at radius 1 is 0.581 bits per heavy atom. The Labute approximate surface area is 692 Å². The number of aliphatic hydroxyl groups excluding tert-OH is 1. The summed E-state index contributed by atoms with van der Waals surface area (Å²) in [5.74, 6) is -9.02. The Morgan fingerprint density at radius 2 is 1.12 bits per heavy atom. The van der Waals surface area contributed by atoms with E-state index in [1.165, 1.54) is 50.3 Å². The summed E-state index contributed by atoms with van der Waals surface area (Å²) in [6.07, 6.45) is 12.6. The highest BCUT2D eigenvalue weighted by Crippen LogP contribution is 2.48. The standard InChI is InChI=1S/C31H52ClN3O4.C28H42F5N3O3.C27H40F5N3O4/c1-33-23-29(21-25-11-4-3-5-12-25)34-30(37)35-17-9-14-27(24-35)31(39-20-10-18-36,16-6-7-19-38-2)26-13-8-15-28(32)22-26;1-3-38-12-5-13-39-26(23-15-21(29)16-24(30)25(23)31)20-6-4-11-36(18-20)27(37)35-22(17-34-2)14-19-7-9-28(32,33)10-8-19;1-33-17-22(13-19-15-25(28,29)16-19)34-24(36)35-11-6-8-21(18-35)26(37,10-3-4-12-38-2)20-7-5-9-23(14-20)39-27(30,31)32/h8,13,15,22,25,27,29,33,36H,3-7,9-12,14,16-21,23-24H2,1-2H3,(H,34,37);15-16,19-20,22,26,34H,3-14,17-18H2,1-2H3,(H,35,37);5,7,9,14,19,21-22,33,37H,3-4,6,8,10-13,15-18H2,1-2H3,(H,34,36)/t27-,29+,31-;20-,22+,26-;21-,22+,26-/m111/s1. The van der Waals surface area contributed by atoms with Crippen LogP contribution in [0, 0.1) is 53.0 Å². The third kappa shape index (κ3) is 32.7. The van der Waals surface area contributed by atoms with Crippen LogP contribution in [0.25, 0.3) is 0 Å². The van der Waals surface area contributed by atoms with E-state index in [-0.39, 0.29) is 124 Å². The van der Waals surface area contributed by atoms with Crippen LogP contribution in [0.4, 0.5) is 58.3 Å². The molecule has 3 aliphatic carbocycles. The number of likely N-dealkylation sites (N-methyl/N-ethyl adjacent to an activating group) is 3. The van der Waals surface area contributed by atoms with Gasteiger partial charge in [-0.05, 0) is 209 Å². The number of hydrogen-bond donors (Lipinski definition) is 8. The summed E-state index contributed by atoms with van der Waals surface area (Å²) in [4.78, 5) is 45.3. The van der Waals surface area contributed by atoms with Gasteiger partial charge in [-0.15, -0.1) is 13.2 Å². The molecule has 0 bridgehead atoms. The number of methoxy groups -OCH3 is 2. The molecule has 3 aliphatic heterocycles. The number of aliphatic hydroxyl groups is 2. The Bertz CT molecular complexity index is 3360. The van der Waals surface area contributed by atoms with E-state index in [9.17, 15) is 68.5 Å². The molecule has 3 saturated heterocycles. The molecule has 31 heteroatoms. The fraction of sp³-hybridized carbons (Fsp3) is 0.756. The SMILES string of the molecule is CCOCCCO[C@@H](c1cc(F)cc(F)c1F)[C@@H]1CCCN(C(=O)N[C@H](CNC)CC2CCC(F)(F)CC2)C1.CNC[C@H](CC1CC(F)(F)C1)NC(=O)N1CCC[C@@H]([C@@](O)(CCCCOC)c2cccc(OC(F)(F)F)c2)C1.CNC[C@H](CC1CCCCC1)NC(=O)N1CCC[C@@H]([C@](CCCCOC)(OCCCO)c2cccc(Cl)c2)C1. The van der Waals surface area contributed by atoms with Crippen LogP contribution in [-0.4, -0.2) is 220 Å². The molecule has 6 amide bonds. The number of carbonyl (C=O) groups excluding carboxylic acids is 3. The minimum absolute atomic E-state index is 0.0329. The summed E-state index contributed by atoms with van der Waals surface area (Å²) in [6, 6.07) is 13.8. The van der Waals surface area contributed by atoms with Crippen molar-refractivity contribution >= 4 is 29.7 Å². The van der Waals surface area contributed by atoms with E-state index in [0.717, 1.165) is 63.2 Å². The summed E-state index contributed by atoms with van der Waals surface area (Å²) in [7, 11) is 8.76. The smallest absolute Gasteiger partial charge is 0.406 e. The van der Waals surface area contributed by atoms with Gasteiger partial charge in [0.2, 0.25) is 11.8 Å². The number of nitrogens with zero attached hydrogens (tertiary/aromatic N) is 3. The Hall–Kier alpha value is -5.54. The van der Waals surface area contributed by atoms with E-state index in [1.54, 1.807) is 44.2 Å². The van der Waals surface area contributed by atoms with Crippen LogP contribution in [-0.2, 0) is 34.9 Å². The molecule has 0 unspecified atom stereocenters. The number of amides is 6. The van der Waals surface area contributed by atoms with Gasteiger partial charge in [-0.1, -0.05) is 68.0 Å². The van der Waals surface area contributed by atoms with Crippen molar-refractivity contribution in [2.24, 2.45) is 35.5 Å². The van der Waals surface area contributed by atoms with E-state index >= 15 is 0 Å². The maximum absolute atomic E-state index is 14.8. The van der Waals surface area contributed by atoms with Crippen LogP contribution in [0.1, 0.15) is 210 Å². The number of unbranched alkanes of at least 4 members (excludes halogenated alkanes) is 2. The molecule has 6 fully saturated rings. The molecule has 3 aromatic carbocycles. The summed E-state index contributed by atoms with van der Waals surface area (Å²) in [5, 5.41) is 40.9. The first-order valence-corrected chi connectivity index (χ1v) is 43.1. The maximum Gasteiger partial charge on any atom is 0.573 e. The molecular formula is C86H134ClF10N9O11. The van der Waals surface area contributed by atoms with Crippen molar-refractivity contribution in [1.29, 1.82) is 0 Å². The lowest BCUT2D eigenvalue weighted by molar-refractivity contribution is -0.274. The number of hydrogen-bond acceptors (Lipinski definition) is 14. The van der Waals surface area contributed by atoms with Gasteiger partial charge < -0.3 is 85.2 Å². The van der Waals surface area contributed by atoms with Crippen LogP contribution in [0.3, 0.4) is 0 Å². The molecule has 9 rings (SSSR count). The van der Waals surface area contributed by atoms with E-state index in [0.29, 0.717) is 165 Å². The van der Waals surface area contributed by atoms with Crippen molar-refractivity contribution < 1.29 is 96.9 Å². The zero-order valence-corrected chi connectivity index (χ0v) is 70.5. The highest BCUT2D eigenvalue weighted by Gasteiger charge is 2.48. The van der Waals surface area contributed by atoms with Gasteiger partial charge in [0.1, 0.15) is 11.6 Å². The number of ether oxygens (including phenoxy) is 6. The number of piperidine rings is 3. The van der Waals surface area contributed by atoms with Gasteiger partial charge >= 0.3 is 24.5 Å². The number of alkyl halides is 7. The number of urea groups is 3. The summed E-state index contributed by atoms with van der Waals surface area (Å²) < 4.78 is 168. The quantitative estimate of drug-likeness (QED) is 0.0150. The molecule has 117 heavy (non-hydrogen) atoms. The van der Waals surface area contributed by atoms with Crippen LogP contribution in [0.5, 0.6) is 5.75 Å². The third-order valence-electron chi connectivity index (χ3n) is 24.0. The minimum Gasteiger partial charge on any atom is -0.406 e. The lowest BCUT2D eigenvalue weighted by Gasteiger charge is -2.46. The number of nitrogens with one attached hydrogen (secondary N) is 6. The average molecular weight is 1700 g/mol. The number of halogens is 11. The zero-order chi connectivity index (χ0) is 85.0.